The summed E-state index contributed by atoms with van der Waals surface area (Å²) in [7, 11) is 3.72. The fraction of sp³-hybridized carbons (Fsp3) is 0.423. The van der Waals surface area contributed by atoms with Crippen molar-refractivity contribution in [2.75, 3.05) is 45.2 Å². The Bertz CT molecular complexity index is 940. The summed E-state index contributed by atoms with van der Waals surface area (Å²) in [5, 5.41) is 3.34. The Labute approximate surface area is 195 Å². The van der Waals surface area contributed by atoms with Crippen molar-refractivity contribution in [2.24, 2.45) is 5.92 Å². The Morgan fingerprint density at radius 3 is 2.33 bits per heavy atom. The molecule has 1 aliphatic rings. The highest BCUT2D eigenvalue weighted by molar-refractivity contribution is 6.40. The minimum Gasteiger partial charge on any atom is -0.457 e. The number of hydrogen-bond donors (Lipinski definition) is 1. The van der Waals surface area contributed by atoms with Crippen molar-refractivity contribution < 1.29 is 19.1 Å². The Hall–Kier alpha value is -3.03. The summed E-state index contributed by atoms with van der Waals surface area (Å²) in [6.45, 7) is 2.59. The highest BCUT2D eigenvalue weighted by Gasteiger charge is 2.29. The van der Waals surface area contributed by atoms with E-state index in [-0.39, 0.29) is 12.4 Å². The van der Waals surface area contributed by atoms with E-state index in [1.54, 1.807) is 48.5 Å². The summed E-state index contributed by atoms with van der Waals surface area (Å²) in [6.07, 6.45) is 3.37. The van der Waals surface area contributed by atoms with Crippen molar-refractivity contribution in [2.45, 2.75) is 25.7 Å². The molecule has 1 N–H and O–H groups in total. The summed E-state index contributed by atoms with van der Waals surface area (Å²) in [6, 6.07) is 15.9. The molecule has 0 saturated carbocycles. The van der Waals surface area contributed by atoms with Gasteiger partial charge in [0.1, 0.15) is 6.61 Å². The maximum absolute atomic E-state index is 13.2. The van der Waals surface area contributed by atoms with Crippen LogP contribution in [0.2, 0.25) is 0 Å². The molecule has 1 aliphatic heterocycles. The average Bonchev–Trinajstić information content (AvgIpc) is 2.84. The number of esters is 1. The van der Waals surface area contributed by atoms with E-state index in [0.717, 1.165) is 32.4 Å². The molecule has 1 fully saturated rings. The molecule has 0 bridgehead atoms. The van der Waals surface area contributed by atoms with Crippen LogP contribution in [0.4, 0.5) is 11.4 Å². The van der Waals surface area contributed by atoms with Gasteiger partial charge in [0, 0.05) is 24.2 Å². The zero-order chi connectivity index (χ0) is 23.6. The Morgan fingerprint density at radius 1 is 0.970 bits per heavy atom. The van der Waals surface area contributed by atoms with Crippen LogP contribution in [0.3, 0.4) is 0 Å². The summed E-state index contributed by atoms with van der Waals surface area (Å²) in [5.41, 5.74) is 1.34. The number of piperidine rings is 1. The zero-order valence-electron chi connectivity index (χ0n) is 19.5. The standard InChI is InChI=1S/C26H33N3O4/c1-28(2)18-19-33-26(32)25(31)29(21-8-4-3-5-9-21)23-11-7-6-10-22(23)24(30)13-12-20-14-16-27-17-15-20/h3-11,20,27H,12-19H2,1-2H3. The normalized spacial score (nSPS) is 14.2. The fourth-order valence-electron chi connectivity index (χ4n) is 3.96. The van der Waals surface area contributed by atoms with Crippen molar-refractivity contribution >= 4 is 29.0 Å². The summed E-state index contributed by atoms with van der Waals surface area (Å²) in [4.78, 5) is 42.2. The summed E-state index contributed by atoms with van der Waals surface area (Å²) >= 11 is 0. The van der Waals surface area contributed by atoms with E-state index < -0.39 is 11.9 Å². The maximum Gasteiger partial charge on any atom is 0.397 e. The molecule has 7 nitrogen and oxygen atoms in total. The van der Waals surface area contributed by atoms with Crippen LogP contribution in [-0.2, 0) is 14.3 Å². The van der Waals surface area contributed by atoms with Crippen molar-refractivity contribution in [1.82, 2.24) is 10.2 Å². The number of Topliss-reactive ketones (excluding diaryl/α,β-unsaturated/α-hetero) is 1. The number of nitrogens with zero attached hydrogens (tertiary/aromatic N) is 2. The number of para-hydroxylation sites is 2. The van der Waals surface area contributed by atoms with E-state index >= 15 is 0 Å². The molecular weight excluding hydrogens is 418 g/mol. The second-order valence-corrected chi connectivity index (χ2v) is 8.59. The number of benzene rings is 2. The number of ketones is 1. The molecule has 0 atom stereocenters. The van der Waals surface area contributed by atoms with Gasteiger partial charge < -0.3 is 15.0 Å². The predicted octanol–water partition coefficient (Wildman–Crippen LogP) is 3.42. The number of carbonyl (C=O) groups excluding carboxylic acids is 3. The number of rotatable bonds is 9. The summed E-state index contributed by atoms with van der Waals surface area (Å²) < 4.78 is 5.20. The maximum atomic E-state index is 13.2. The molecule has 0 spiro atoms. The van der Waals surface area contributed by atoms with Gasteiger partial charge in [-0.2, -0.15) is 0 Å². The number of anilines is 2. The van der Waals surface area contributed by atoms with Crippen LogP contribution < -0.4 is 10.2 Å². The number of nitrogens with one attached hydrogen (secondary N) is 1. The van der Waals surface area contributed by atoms with Gasteiger partial charge >= 0.3 is 11.9 Å². The third-order valence-corrected chi connectivity index (χ3v) is 5.85. The topological polar surface area (TPSA) is 79.0 Å². The Balaban J connectivity index is 1.84. The second kappa shape index (κ2) is 12.3. The lowest BCUT2D eigenvalue weighted by molar-refractivity contribution is -0.153. The van der Waals surface area contributed by atoms with Crippen LogP contribution in [0, 0.1) is 5.92 Å². The van der Waals surface area contributed by atoms with E-state index in [9.17, 15) is 14.4 Å². The minimum absolute atomic E-state index is 0.0289. The van der Waals surface area contributed by atoms with Crippen molar-refractivity contribution in [3.05, 3.63) is 60.2 Å². The molecule has 0 radical (unpaired) electrons. The first kappa shape index (κ1) is 24.6. The van der Waals surface area contributed by atoms with Gasteiger partial charge in [0.2, 0.25) is 0 Å². The van der Waals surface area contributed by atoms with Gasteiger partial charge in [-0.1, -0.05) is 30.3 Å². The van der Waals surface area contributed by atoms with Gasteiger partial charge in [0.25, 0.3) is 0 Å². The van der Waals surface area contributed by atoms with E-state index in [1.807, 2.05) is 25.1 Å². The van der Waals surface area contributed by atoms with Gasteiger partial charge in [-0.25, -0.2) is 4.79 Å². The third-order valence-electron chi connectivity index (χ3n) is 5.85. The average molecular weight is 452 g/mol. The van der Waals surface area contributed by atoms with Crippen LogP contribution in [0.1, 0.15) is 36.0 Å². The first-order valence-corrected chi connectivity index (χ1v) is 11.5. The highest BCUT2D eigenvalue weighted by Crippen LogP contribution is 2.31. The molecule has 1 heterocycles. The molecule has 0 aromatic heterocycles. The Kier molecular flexibility index (Phi) is 9.15. The molecule has 2 aromatic carbocycles. The summed E-state index contributed by atoms with van der Waals surface area (Å²) in [5.74, 6) is -1.27. The van der Waals surface area contributed by atoms with Crippen LogP contribution in [0.15, 0.2) is 54.6 Å². The molecule has 7 heteroatoms. The van der Waals surface area contributed by atoms with Gasteiger partial charge in [0.05, 0.1) is 5.69 Å². The van der Waals surface area contributed by atoms with E-state index in [2.05, 4.69) is 5.32 Å². The SMILES string of the molecule is CN(C)CCOC(=O)C(=O)N(c1ccccc1)c1ccccc1C(=O)CCC1CCNCC1. The van der Waals surface area contributed by atoms with Crippen LogP contribution in [0.5, 0.6) is 0 Å². The van der Waals surface area contributed by atoms with Crippen molar-refractivity contribution in [3.8, 4) is 0 Å². The van der Waals surface area contributed by atoms with Crippen LogP contribution in [0.25, 0.3) is 0 Å². The predicted molar refractivity (Wildman–Crippen MR) is 129 cm³/mol. The lowest BCUT2D eigenvalue weighted by atomic mass is 9.91. The molecule has 1 amide bonds. The lowest BCUT2D eigenvalue weighted by Gasteiger charge is -2.25. The largest absolute Gasteiger partial charge is 0.457 e. The monoisotopic (exact) mass is 451 g/mol. The molecular formula is C26H33N3O4. The number of carbonyl (C=O) groups is 3. The smallest absolute Gasteiger partial charge is 0.397 e. The van der Waals surface area contributed by atoms with Crippen molar-refractivity contribution in [1.29, 1.82) is 0 Å². The lowest BCUT2D eigenvalue weighted by Crippen LogP contribution is -2.36. The number of ether oxygens (including phenoxy) is 1. The molecule has 0 aliphatic carbocycles. The Morgan fingerprint density at radius 2 is 1.64 bits per heavy atom. The van der Waals surface area contributed by atoms with Gasteiger partial charge in [-0.15, -0.1) is 0 Å². The van der Waals surface area contributed by atoms with Crippen molar-refractivity contribution in [3.63, 3.8) is 0 Å². The minimum atomic E-state index is -0.947. The molecule has 176 valence electrons. The number of amides is 1. The van der Waals surface area contributed by atoms with Gasteiger partial charge in [0.15, 0.2) is 5.78 Å². The first-order chi connectivity index (χ1) is 16.0. The van der Waals surface area contributed by atoms with Crippen LogP contribution >= 0.6 is 0 Å². The van der Waals surface area contributed by atoms with E-state index in [4.69, 9.17) is 4.74 Å². The number of likely N-dealkylation sites (N-methyl/N-ethyl adjacent to an activating group) is 1. The van der Waals surface area contributed by atoms with Crippen LogP contribution in [-0.4, -0.2) is 62.9 Å². The van der Waals surface area contributed by atoms with Gasteiger partial charge in [-0.3, -0.25) is 14.5 Å². The first-order valence-electron chi connectivity index (χ1n) is 11.5. The second-order valence-electron chi connectivity index (χ2n) is 8.59. The quantitative estimate of drug-likeness (QED) is 0.358. The molecule has 33 heavy (non-hydrogen) atoms. The fourth-order valence-corrected chi connectivity index (χ4v) is 3.96. The highest BCUT2D eigenvalue weighted by atomic mass is 16.5. The molecule has 1 saturated heterocycles. The molecule has 3 rings (SSSR count). The third kappa shape index (κ3) is 6.97. The van der Waals surface area contributed by atoms with Gasteiger partial charge in [-0.05, 0) is 76.6 Å². The molecule has 2 aromatic rings. The van der Waals surface area contributed by atoms with E-state index in [0.29, 0.717) is 35.8 Å². The number of hydrogen-bond acceptors (Lipinski definition) is 6. The zero-order valence-corrected chi connectivity index (χ0v) is 19.5. The van der Waals surface area contributed by atoms with E-state index in [1.165, 1.54) is 4.90 Å². The molecule has 0 unspecified atom stereocenters.